The third-order valence-electron chi connectivity index (χ3n) is 4.46. The molecular weight excluding hydrogens is 432 g/mol. The van der Waals surface area contributed by atoms with E-state index < -0.39 is 17.4 Å². The fourth-order valence-corrected chi connectivity index (χ4v) is 3.63. The summed E-state index contributed by atoms with van der Waals surface area (Å²) in [6.07, 6.45) is 1.28. The molecule has 0 atom stereocenters. The Kier molecular flexibility index (Phi) is 4.11. The summed E-state index contributed by atoms with van der Waals surface area (Å²) in [6, 6.07) is 4.46. The van der Waals surface area contributed by atoms with E-state index in [0.717, 1.165) is 4.90 Å². The minimum atomic E-state index is -0.478. The Balaban J connectivity index is 1.58. The number of anilines is 1. The number of hydrogen-bond donors (Lipinski definition) is 1. The van der Waals surface area contributed by atoms with Crippen molar-refractivity contribution in [2.45, 2.75) is 6.54 Å². The number of carbonyl (C=O) groups is 3. The normalized spacial score (nSPS) is 13.3. The standard InChI is InChI=1S/C17H13BrN6O4/c1-22-15(26)9-4-3-8(5-10(9)16(22)27)20-11(25)6-24-7-19-14-12(17(24)28)13(18)21-23(14)2/h3-5,7H,6H2,1-2H3,(H,20,25). The van der Waals surface area contributed by atoms with Crippen LogP contribution in [0.2, 0.25) is 0 Å². The van der Waals surface area contributed by atoms with Crippen LogP contribution in [-0.4, -0.2) is 49.0 Å². The number of aryl methyl sites for hydroxylation is 1. The number of halogens is 1. The van der Waals surface area contributed by atoms with E-state index in [1.807, 2.05) is 0 Å². The second kappa shape index (κ2) is 6.37. The van der Waals surface area contributed by atoms with Crippen molar-refractivity contribution in [3.8, 4) is 0 Å². The first-order valence-electron chi connectivity index (χ1n) is 8.12. The number of rotatable bonds is 3. The van der Waals surface area contributed by atoms with Crippen LogP contribution in [0.25, 0.3) is 11.0 Å². The first kappa shape index (κ1) is 18.0. The summed E-state index contributed by atoms with van der Waals surface area (Å²) in [5.74, 6) is -1.29. The molecule has 2 aromatic heterocycles. The smallest absolute Gasteiger partial charge is 0.266 e. The predicted octanol–water partition coefficient (Wildman–Crippen LogP) is 0.757. The molecule has 0 bridgehead atoms. The van der Waals surface area contributed by atoms with E-state index in [1.54, 1.807) is 7.05 Å². The highest BCUT2D eigenvalue weighted by atomic mass is 79.9. The highest BCUT2D eigenvalue weighted by Gasteiger charge is 2.32. The van der Waals surface area contributed by atoms with Gasteiger partial charge in [0.15, 0.2) is 5.65 Å². The molecule has 11 heteroatoms. The fourth-order valence-electron chi connectivity index (χ4n) is 3.04. The van der Waals surface area contributed by atoms with E-state index in [1.165, 1.54) is 40.8 Å². The van der Waals surface area contributed by atoms with Crippen molar-refractivity contribution in [3.05, 3.63) is 50.6 Å². The maximum Gasteiger partial charge on any atom is 0.266 e. The number of nitrogens with zero attached hydrogens (tertiary/aromatic N) is 5. The molecule has 0 spiro atoms. The summed E-state index contributed by atoms with van der Waals surface area (Å²) in [7, 11) is 3.06. The summed E-state index contributed by atoms with van der Waals surface area (Å²) in [5.41, 5.74) is 0.864. The second-order valence-electron chi connectivity index (χ2n) is 6.27. The molecule has 1 aromatic carbocycles. The van der Waals surface area contributed by atoms with E-state index in [2.05, 4.69) is 31.3 Å². The van der Waals surface area contributed by atoms with Crippen molar-refractivity contribution in [3.63, 3.8) is 0 Å². The average molecular weight is 445 g/mol. The molecule has 4 rings (SSSR count). The summed E-state index contributed by atoms with van der Waals surface area (Å²) < 4.78 is 2.98. The van der Waals surface area contributed by atoms with Crippen molar-refractivity contribution >= 4 is 50.4 Å². The SMILES string of the molecule is CN1C(=O)c2ccc(NC(=O)Cn3cnc4c(c(Br)nn4C)c3=O)cc2C1=O. The van der Waals surface area contributed by atoms with Gasteiger partial charge in [0.2, 0.25) is 5.91 Å². The molecule has 3 amide bonds. The first-order valence-corrected chi connectivity index (χ1v) is 8.91. The van der Waals surface area contributed by atoms with E-state index >= 15 is 0 Å². The Morgan fingerprint density at radius 1 is 1.14 bits per heavy atom. The minimum Gasteiger partial charge on any atom is -0.325 e. The molecule has 1 aliphatic rings. The minimum absolute atomic E-state index is 0.227. The maximum atomic E-state index is 12.6. The van der Waals surface area contributed by atoms with Crippen LogP contribution in [0.15, 0.2) is 33.9 Å². The molecule has 1 N–H and O–H groups in total. The summed E-state index contributed by atoms with van der Waals surface area (Å²) in [4.78, 5) is 54.1. The molecule has 0 radical (unpaired) electrons. The zero-order chi connectivity index (χ0) is 20.2. The van der Waals surface area contributed by atoms with Crippen molar-refractivity contribution in [2.24, 2.45) is 7.05 Å². The van der Waals surface area contributed by atoms with Crippen LogP contribution in [-0.2, 0) is 18.4 Å². The Hall–Kier alpha value is -3.34. The van der Waals surface area contributed by atoms with Crippen LogP contribution in [0.4, 0.5) is 5.69 Å². The van der Waals surface area contributed by atoms with Gasteiger partial charge in [0.25, 0.3) is 17.4 Å². The van der Waals surface area contributed by atoms with Crippen LogP contribution in [0.3, 0.4) is 0 Å². The average Bonchev–Trinajstić information content (AvgIpc) is 3.06. The Morgan fingerprint density at radius 3 is 2.61 bits per heavy atom. The number of nitrogens with one attached hydrogen (secondary N) is 1. The summed E-state index contributed by atoms with van der Waals surface area (Å²) >= 11 is 3.22. The van der Waals surface area contributed by atoms with Crippen molar-refractivity contribution in [1.29, 1.82) is 0 Å². The van der Waals surface area contributed by atoms with Crippen LogP contribution in [0.1, 0.15) is 20.7 Å². The van der Waals surface area contributed by atoms with Gasteiger partial charge in [0.1, 0.15) is 22.9 Å². The number of hydrogen-bond acceptors (Lipinski definition) is 6. The van der Waals surface area contributed by atoms with Crippen molar-refractivity contribution in [2.75, 3.05) is 12.4 Å². The third-order valence-corrected chi connectivity index (χ3v) is 5.01. The lowest BCUT2D eigenvalue weighted by molar-refractivity contribution is -0.116. The third kappa shape index (κ3) is 2.71. The molecule has 0 aliphatic carbocycles. The number of imide groups is 1. The van der Waals surface area contributed by atoms with Crippen molar-refractivity contribution in [1.82, 2.24) is 24.2 Å². The van der Waals surface area contributed by atoms with Crippen LogP contribution < -0.4 is 10.9 Å². The van der Waals surface area contributed by atoms with Crippen molar-refractivity contribution < 1.29 is 14.4 Å². The summed E-state index contributed by atoms with van der Waals surface area (Å²) in [5, 5.41) is 6.99. The number of carbonyl (C=O) groups excluding carboxylic acids is 3. The van der Waals surface area contributed by atoms with Gasteiger partial charge in [-0.05, 0) is 34.1 Å². The molecule has 10 nitrogen and oxygen atoms in total. The number of benzene rings is 1. The topological polar surface area (TPSA) is 119 Å². The maximum absolute atomic E-state index is 12.6. The number of amides is 3. The molecule has 3 heterocycles. The van der Waals surface area contributed by atoms with E-state index in [9.17, 15) is 19.2 Å². The molecule has 0 saturated carbocycles. The largest absolute Gasteiger partial charge is 0.325 e. The van der Waals surface area contributed by atoms with Gasteiger partial charge in [-0.3, -0.25) is 28.6 Å². The van der Waals surface area contributed by atoms with E-state index in [0.29, 0.717) is 15.9 Å². The van der Waals surface area contributed by atoms with Gasteiger partial charge >= 0.3 is 0 Å². The van der Waals surface area contributed by atoms with E-state index in [-0.39, 0.29) is 29.0 Å². The van der Waals surface area contributed by atoms with Crippen LogP contribution >= 0.6 is 15.9 Å². The highest BCUT2D eigenvalue weighted by molar-refractivity contribution is 9.10. The zero-order valence-corrected chi connectivity index (χ0v) is 16.3. The van der Waals surface area contributed by atoms with Crippen LogP contribution in [0.5, 0.6) is 0 Å². The molecule has 0 fully saturated rings. The molecule has 0 unspecified atom stereocenters. The Labute approximate surface area is 165 Å². The van der Waals surface area contributed by atoms with Gasteiger partial charge in [-0.2, -0.15) is 5.10 Å². The molecule has 3 aromatic rings. The number of fused-ring (bicyclic) bond motifs is 2. The predicted molar refractivity (Wildman–Crippen MR) is 102 cm³/mol. The van der Waals surface area contributed by atoms with Gasteiger partial charge in [0, 0.05) is 19.8 Å². The zero-order valence-electron chi connectivity index (χ0n) is 14.8. The second-order valence-corrected chi connectivity index (χ2v) is 7.02. The lowest BCUT2D eigenvalue weighted by Gasteiger charge is -2.08. The lowest BCUT2D eigenvalue weighted by atomic mass is 10.1. The van der Waals surface area contributed by atoms with Gasteiger partial charge in [-0.1, -0.05) is 0 Å². The van der Waals surface area contributed by atoms with E-state index in [4.69, 9.17) is 0 Å². The highest BCUT2D eigenvalue weighted by Crippen LogP contribution is 2.24. The van der Waals surface area contributed by atoms with Gasteiger partial charge < -0.3 is 5.32 Å². The van der Waals surface area contributed by atoms with Crippen LogP contribution in [0, 0.1) is 0 Å². The molecule has 1 aliphatic heterocycles. The lowest BCUT2D eigenvalue weighted by Crippen LogP contribution is -2.28. The molecule has 0 saturated heterocycles. The number of aromatic nitrogens is 4. The first-order chi connectivity index (χ1) is 13.3. The molecule has 142 valence electrons. The summed E-state index contributed by atoms with van der Waals surface area (Å²) in [6.45, 7) is -0.271. The van der Waals surface area contributed by atoms with Gasteiger partial charge in [0.05, 0.1) is 11.1 Å². The monoisotopic (exact) mass is 444 g/mol. The Morgan fingerprint density at radius 2 is 1.86 bits per heavy atom. The fraction of sp³-hybridized carbons (Fsp3) is 0.176. The molecule has 28 heavy (non-hydrogen) atoms. The Bertz CT molecular complexity index is 1240. The van der Waals surface area contributed by atoms with Gasteiger partial charge in [-0.25, -0.2) is 9.67 Å². The quantitative estimate of drug-likeness (QED) is 0.595. The van der Waals surface area contributed by atoms with Gasteiger partial charge in [-0.15, -0.1) is 0 Å². The molecular formula is C17H13BrN6O4.